The summed E-state index contributed by atoms with van der Waals surface area (Å²) in [6, 6.07) is 0. The summed E-state index contributed by atoms with van der Waals surface area (Å²) in [6.45, 7) is 3.85. The Morgan fingerprint density at radius 2 is 1.44 bits per heavy atom. The molecule has 34 heavy (non-hydrogen) atoms. The monoisotopic (exact) mass is 486 g/mol. The van der Waals surface area contributed by atoms with Crippen LogP contribution in [-0.4, -0.2) is 83.8 Å². The minimum Gasteiger partial charge on any atom is -0.463 e. The topological polar surface area (TPSA) is 185 Å². The van der Waals surface area contributed by atoms with Crippen LogP contribution < -0.4 is 16.1 Å². The molecule has 5 atom stereocenters. The van der Waals surface area contributed by atoms with Gasteiger partial charge in [-0.05, 0) is 0 Å². The van der Waals surface area contributed by atoms with Crippen LogP contribution in [0, 0.1) is 0 Å². The molecule has 0 amide bonds. The zero-order valence-corrected chi connectivity index (χ0v) is 19.4. The number of nitrogens with one attached hydrogen (secondary N) is 1. The van der Waals surface area contributed by atoms with Gasteiger partial charge in [-0.2, -0.15) is 4.68 Å². The first kappa shape index (κ1) is 26.5. The quantitative estimate of drug-likeness (QED) is 0.338. The van der Waals surface area contributed by atoms with Gasteiger partial charge in [0.25, 0.3) is 5.56 Å². The molecule has 0 bridgehead atoms. The summed E-state index contributed by atoms with van der Waals surface area (Å²) in [6.07, 6.45) is -7.30. The number of ether oxygens (including phenoxy) is 5. The lowest BCUT2D eigenvalue weighted by Gasteiger charge is -2.44. The Balaban J connectivity index is 2.70. The number of aromatic nitrogens is 3. The number of aromatic amines is 1. The third-order valence-electron chi connectivity index (χ3n) is 4.47. The van der Waals surface area contributed by atoms with Crippen molar-refractivity contribution in [2.24, 2.45) is 0 Å². The van der Waals surface area contributed by atoms with Gasteiger partial charge in [0.1, 0.15) is 12.7 Å². The summed E-state index contributed by atoms with van der Waals surface area (Å²) < 4.78 is 27.4. The molecular formula is C19H26N4O11. The van der Waals surface area contributed by atoms with Gasteiger partial charge in [-0.3, -0.25) is 29.0 Å². The van der Waals surface area contributed by atoms with E-state index in [0.717, 1.165) is 27.7 Å². The average Bonchev–Trinajstić information content (AvgIpc) is 2.68. The lowest BCUT2D eigenvalue weighted by atomic mass is 9.97. The number of hydrogen-bond acceptors (Lipinski definition) is 13. The highest BCUT2D eigenvalue weighted by atomic mass is 16.7. The van der Waals surface area contributed by atoms with E-state index in [-0.39, 0.29) is 5.82 Å². The molecule has 1 aliphatic heterocycles. The lowest BCUT2D eigenvalue weighted by molar-refractivity contribution is -0.271. The second-order valence-electron chi connectivity index (χ2n) is 7.51. The molecule has 2 heterocycles. The van der Waals surface area contributed by atoms with Gasteiger partial charge in [-0.15, -0.1) is 5.10 Å². The molecule has 188 valence electrons. The van der Waals surface area contributed by atoms with Gasteiger partial charge in [0, 0.05) is 41.8 Å². The van der Waals surface area contributed by atoms with Crippen LogP contribution in [0.25, 0.3) is 0 Å². The van der Waals surface area contributed by atoms with E-state index in [0.29, 0.717) is 4.68 Å². The van der Waals surface area contributed by atoms with Crippen molar-refractivity contribution in [2.75, 3.05) is 25.6 Å². The number of carbonyl (C=O) groups excluding carboxylic acids is 4. The summed E-state index contributed by atoms with van der Waals surface area (Å²) in [5, 5.41) is 4.00. The van der Waals surface area contributed by atoms with Crippen molar-refractivity contribution in [3.8, 4) is 0 Å². The molecule has 0 saturated carbocycles. The maximum absolute atomic E-state index is 12.6. The van der Waals surface area contributed by atoms with Crippen molar-refractivity contribution in [2.45, 2.75) is 58.3 Å². The average molecular weight is 486 g/mol. The standard InChI is InChI=1S/C19H26N4O11/c1-8(24)30-7-12-13(31-9(2)25)14(32-10(3)26)15(33-11(4)27)18(34-12)23-19(29)20-17(28)16(21-23)22(5)6/h12-15,18H,7H2,1-6H3,(H,20,28,29)/t12-,13-,14+,15+,18-/m1/s1. The summed E-state index contributed by atoms with van der Waals surface area (Å²) in [5.41, 5.74) is -1.83. The van der Waals surface area contributed by atoms with Crippen LogP contribution in [0.5, 0.6) is 0 Å². The van der Waals surface area contributed by atoms with Crippen LogP contribution >= 0.6 is 0 Å². The van der Waals surface area contributed by atoms with E-state index in [9.17, 15) is 28.8 Å². The first-order valence-corrected chi connectivity index (χ1v) is 10.0. The molecule has 15 nitrogen and oxygen atoms in total. The third kappa shape index (κ3) is 6.40. The maximum atomic E-state index is 12.6. The molecule has 0 spiro atoms. The minimum atomic E-state index is -1.58. The molecule has 1 aromatic rings. The molecule has 1 saturated heterocycles. The molecule has 0 unspecified atom stereocenters. The third-order valence-corrected chi connectivity index (χ3v) is 4.47. The van der Waals surface area contributed by atoms with E-state index in [1.54, 1.807) is 0 Å². The van der Waals surface area contributed by atoms with Gasteiger partial charge in [0.2, 0.25) is 5.82 Å². The number of H-pyrrole nitrogens is 1. The lowest BCUT2D eigenvalue weighted by Crippen LogP contribution is -2.62. The normalized spacial score (nSPS) is 24.0. The van der Waals surface area contributed by atoms with Gasteiger partial charge in [0.05, 0.1) is 0 Å². The number of hydrogen-bond donors (Lipinski definition) is 1. The highest BCUT2D eigenvalue weighted by Gasteiger charge is 2.53. The van der Waals surface area contributed by atoms with Gasteiger partial charge in [-0.1, -0.05) is 0 Å². The molecule has 0 aliphatic carbocycles. The van der Waals surface area contributed by atoms with Crippen molar-refractivity contribution in [3.63, 3.8) is 0 Å². The Morgan fingerprint density at radius 3 is 1.94 bits per heavy atom. The largest absolute Gasteiger partial charge is 0.463 e. The van der Waals surface area contributed by atoms with Gasteiger partial charge >= 0.3 is 29.6 Å². The van der Waals surface area contributed by atoms with E-state index in [1.807, 2.05) is 0 Å². The summed E-state index contributed by atoms with van der Waals surface area (Å²) in [5.74, 6) is -3.36. The smallest absolute Gasteiger partial charge is 0.347 e. The minimum absolute atomic E-state index is 0.188. The molecule has 2 rings (SSSR count). The van der Waals surface area contributed by atoms with Crippen molar-refractivity contribution < 1.29 is 42.9 Å². The molecule has 0 radical (unpaired) electrons. The van der Waals surface area contributed by atoms with Crippen molar-refractivity contribution in [1.29, 1.82) is 0 Å². The Bertz CT molecular complexity index is 1060. The number of anilines is 1. The molecular weight excluding hydrogens is 460 g/mol. The number of carbonyl (C=O) groups is 4. The summed E-state index contributed by atoms with van der Waals surface area (Å²) >= 11 is 0. The van der Waals surface area contributed by atoms with Crippen molar-refractivity contribution >= 4 is 29.7 Å². The second-order valence-corrected chi connectivity index (χ2v) is 7.51. The zero-order chi connectivity index (χ0) is 25.7. The molecule has 1 N–H and O–H groups in total. The van der Waals surface area contributed by atoms with Crippen LogP contribution in [0.3, 0.4) is 0 Å². The zero-order valence-electron chi connectivity index (χ0n) is 19.4. The van der Waals surface area contributed by atoms with E-state index >= 15 is 0 Å². The first-order chi connectivity index (χ1) is 15.8. The van der Waals surface area contributed by atoms with E-state index in [4.69, 9.17) is 23.7 Å². The number of rotatable bonds is 7. The van der Waals surface area contributed by atoms with Crippen LogP contribution in [0.1, 0.15) is 33.9 Å². The number of esters is 4. The fourth-order valence-electron chi connectivity index (χ4n) is 3.27. The Kier molecular flexibility index (Phi) is 8.51. The molecule has 15 heteroatoms. The fourth-order valence-corrected chi connectivity index (χ4v) is 3.27. The maximum Gasteiger partial charge on any atom is 0.347 e. The summed E-state index contributed by atoms with van der Waals surface area (Å²) in [7, 11) is 3.00. The van der Waals surface area contributed by atoms with Crippen LogP contribution in [0.4, 0.5) is 5.82 Å². The van der Waals surface area contributed by atoms with Crippen LogP contribution in [0.2, 0.25) is 0 Å². The predicted octanol–water partition coefficient (Wildman–Crippen LogP) is -1.75. The second kappa shape index (κ2) is 10.9. The fraction of sp³-hybridized carbons (Fsp3) is 0.632. The van der Waals surface area contributed by atoms with Crippen molar-refractivity contribution in [3.05, 3.63) is 20.8 Å². The molecule has 1 fully saturated rings. The SMILES string of the molecule is CC(=O)OC[C@H]1O[C@@H](n2nc(N(C)C)c(=O)[nH]c2=O)[C@@H](OC(C)=O)[C@@H](OC(C)=O)[C@@H]1OC(C)=O. The van der Waals surface area contributed by atoms with E-state index in [2.05, 4.69) is 10.1 Å². The predicted molar refractivity (Wildman–Crippen MR) is 111 cm³/mol. The van der Waals surface area contributed by atoms with Crippen molar-refractivity contribution in [1.82, 2.24) is 14.8 Å². The number of nitrogens with zero attached hydrogens (tertiary/aromatic N) is 3. The van der Waals surface area contributed by atoms with Gasteiger partial charge in [-0.25, -0.2) is 4.79 Å². The molecule has 1 aromatic heterocycles. The summed E-state index contributed by atoms with van der Waals surface area (Å²) in [4.78, 5) is 75.1. The van der Waals surface area contributed by atoms with Crippen LogP contribution in [0.15, 0.2) is 9.59 Å². The van der Waals surface area contributed by atoms with Crippen LogP contribution in [-0.2, 0) is 42.9 Å². The molecule has 0 aromatic carbocycles. The van der Waals surface area contributed by atoms with E-state index in [1.165, 1.54) is 19.0 Å². The Hall–Kier alpha value is -3.75. The van der Waals surface area contributed by atoms with Gasteiger partial charge in [0.15, 0.2) is 24.5 Å². The first-order valence-electron chi connectivity index (χ1n) is 10.0. The Labute approximate surface area is 192 Å². The highest BCUT2D eigenvalue weighted by molar-refractivity contribution is 5.68. The molecule has 1 aliphatic rings. The van der Waals surface area contributed by atoms with Gasteiger partial charge < -0.3 is 28.6 Å². The highest BCUT2D eigenvalue weighted by Crippen LogP contribution is 2.33. The Morgan fingerprint density at radius 1 is 0.912 bits per heavy atom. The van der Waals surface area contributed by atoms with E-state index < -0.39 is 72.4 Å².